The number of hydrogen-bond acceptors (Lipinski definition) is 8. The van der Waals surface area contributed by atoms with Crippen molar-refractivity contribution in [1.29, 1.82) is 5.26 Å². The zero-order chi connectivity index (χ0) is 24.4. The molecular formula is C22H36N5O6+. The van der Waals surface area contributed by atoms with Crippen LogP contribution in [0.15, 0.2) is 29.5 Å². The molecule has 184 valence electrons. The van der Waals surface area contributed by atoms with Crippen LogP contribution in [0.25, 0.3) is 0 Å². The summed E-state index contributed by atoms with van der Waals surface area (Å²) in [5.74, 6) is 0.348. The zero-order valence-corrected chi connectivity index (χ0v) is 20.0. The van der Waals surface area contributed by atoms with E-state index in [9.17, 15) is 4.79 Å². The van der Waals surface area contributed by atoms with Crippen LogP contribution in [-0.2, 0) is 30.4 Å². The number of carbonyl (C=O) groups excluding carboxylic acids is 1. The highest BCUT2D eigenvalue weighted by atomic mass is 16.7. The van der Waals surface area contributed by atoms with E-state index in [0.717, 1.165) is 6.42 Å². The fourth-order valence-electron chi connectivity index (χ4n) is 2.20. The van der Waals surface area contributed by atoms with Gasteiger partial charge in [0.25, 0.3) is 6.73 Å². The van der Waals surface area contributed by atoms with E-state index in [1.54, 1.807) is 30.1 Å². The number of guanidine groups is 1. The van der Waals surface area contributed by atoms with Gasteiger partial charge >= 0.3 is 6.16 Å². The minimum absolute atomic E-state index is 0.0255. The van der Waals surface area contributed by atoms with Crippen LogP contribution in [-0.4, -0.2) is 65.4 Å². The number of nitrogens with zero attached hydrogens (tertiary/aromatic N) is 3. The Labute approximate surface area is 195 Å². The second-order valence-electron chi connectivity index (χ2n) is 7.74. The van der Waals surface area contributed by atoms with Crippen LogP contribution in [0.1, 0.15) is 27.2 Å². The van der Waals surface area contributed by atoms with Gasteiger partial charge in [-0.1, -0.05) is 20.8 Å². The Hall–Kier alpha value is -2.94. The van der Waals surface area contributed by atoms with Gasteiger partial charge in [-0.05, 0) is 17.9 Å². The molecule has 0 aliphatic carbocycles. The molecule has 0 fully saturated rings. The summed E-state index contributed by atoms with van der Waals surface area (Å²) in [5.41, 5.74) is 0.698. The summed E-state index contributed by atoms with van der Waals surface area (Å²) in [6, 6.07) is 3.59. The largest absolute Gasteiger partial charge is 0.513 e. The predicted octanol–water partition coefficient (Wildman–Crippen LogP) is 2.04. The Morgan fingerprint density at radius 3 is 2.52 bits per heavy atom. The number of nitrogens with one attached hydrogen (secondary N) is 2. The van der Waals surface area contributed by atoms with E-state index in [1.807, 2.05) is 12.3 Å². The molecule has 0 aromatic carbocycles. The minimum atomic E-state index is -0.795. The van der Waals surface area contributed by atoms with Gasteiger partial charge in [-0.25, -0.2) is 4.79 Å². The average Bonchev–Trinajstić information content (AvgIpc) is 2.80. The predicted molar refractivity (Wildman–Crippen MR) is 121 cm³/mol. The van der Waals surface area contributed by atoms with Gasteiger partial charge in [0, 0.05) is 19.7 Å². The summed E-state index contributed by atoms with van der Waals surface area (Å²) in [7, 11) is 1.61. The van der Waals surface area contributed by atoms with Crippen LogP contribution in [0, 0.1) is 16.9 Å². The maximum atomic E-state index is 11.7. The number of rotatable bonds is 15. The van der Waals surface area contributed by atoms with Gasteiger partial charge in [-0.2, -0.15) is 9.83 Å². The summed E-state index contributed by atoms with van der Waals surface area (Å²) in [6.07, 6.45) is 5.51. The van der Waals surface area contributed by atoms with E-state index in [1.165, 1.54) is 0 Å². The second-order valence-corrected chi connectivity index (χ2v) is 7.74. The highest BCUT2D eigenvalue weighted by Gasteiger charge is 2.15. The van der Waals surface area contributed by atoms with Gasteiger partial charge in [-0.15, -0.1) is 0 Å². The summed E-state index contributed by atoms with van der Waals surface area (Å²) in [5, 5.41) is 14.6. The number of aromatic nitrogens is 1. The van der Waals surface area contributed by atoms with Gasteiger partial charge in [0.15, 0.2) is 18.6 Å². The van der Waals surface area contributed by atoms with Crippen LogP contribution in [0.3, 0.4) is 0 Å². The zero-order valence-electron chi connectivity index (χ0n) is 20.0. The molecule has 1 rings (SSSR count). The summed E-state index contributed by atoms with van der Waals surface area (Å²) >= 11 is 0. The van der Waals surface area contributed by atoms with Crippen molar-refractivity contribution in [3.63, 3.8) is 0 Å². The van der Waals surface area contributed by atoms with Crippen molar-refractivity contribution in [3.05, 3.63) is 24.5 Å². The molecule has 1 aromatic rings. The van der Waals surface area contributed by atoms with Crippen molar-refractivity contribution >= 4 is 17.8 Å². The van der Waals surface area contributed by atoms with E-state index in [-0.39, 0.29) is 25.4 Å². The lowest BCUT2D eigenvalue weighted by molar-refractivity contribution is -0.727. The minimum Gasteiger partial charge on any atom is -0.432 e. The number of pyridine rings is 1. The van der Waals surface area contributed by atoms with Crippen molar-refractivity contribution in [1.82, 2.24) is 5.32 Å². The number of anilines is 1. The monoisotopic (exact) mass is 466 g/mol. The lowest BCUT2D eigenvalue weighted by Gasteiger charge is -2.20. The first-order valence-corrected chi connectivity index (χ1v) is 10.8. The molecule has 0 saturated carbocycles. The fraction of sp³-hybridized carbons (Fsp3) is 0.636. The maximum absolute atomic E-state index is 11.7. The first kappa shape index (κ1) is 28.1. The van der Waals surface area contributed by atoms with E-state index in [0.29, 0.717) is 44.6 Å². The number of methoxy groups -OCH3 is 1. The number of ether oxygens (including phenoxy) is 5. The van der Waals surface area contributed by atoms with Crippen LogP contribution in [0.2, 0.25) is 0 Å². The highest BCUT2D eigenvalue weighted by molar-refractivity contribution is 5.94. The molecule has 1 aromatic heterocycles. The molecular weight excluding hydrogens is 430 g/mol. The van der Waals surface area contributed by atoms with Gasteiger partial charge < -0.3 is 29.0 Å². The Kier molecular flexibility index (Phi) is 14.2. The lowest BCUT2D eigenvalue weighted by atomic mass is 9.91. The van der Waals surface area contributed by atoms with Gasteiger partial charge in [-0.3, -0.25) is 10.3 Å². The molecule has 0 aliphatic rings. The first-order valence-electron chi connectivity index (χ1n) is 10.8. The molecule has 11 nitrogen and oxygen atoms in total. The van der Waals surface area contributed by atoms with Crippen LogP contribution in [0.5, 0.6) is 0 Å². The standard InChI is InChI=1S/C22H36N5O6/c1-5-22(2,3)16-24-20(25-17-23)26-19-7-6-8-27(15-19)18-33-21(28)32-14-13-31-12-11-30-10-9-29-4/h6-8,15H,5,9-14,16,18H2,1-4H3,(H2,24,25,26)/q+1. The third-order valence-corrected chi connectivity index (χ3v) is 4.50. The lowest BCUT2D eigenvalue weighted by Crippen LogP contribution is -2.37. The summed E-state index contributed by atoms with van der Waals surface area (Å²) in [6.45, 7) is 9.06. The maximum Gasteiger partial charge on any atom is 0.513 e. The molecule has 0 amide bonds. The normalized spacial score (nSPS) is 11.5. The van der Waals surface area contributed by atoms with E-state index >= 15 is 0 Å². The van der Waals surface area contributed by atoms with Crippen molar-refractivity contribution in [2.75, 3.05) is 58.6 Å². The Morgan fingerprint density at radius 2 is 1.85 bits per heavy atom. The molecule has 2 N–H and O–H groups in total. The Balaban J connectivity index is 2.38. The van der Waals surface area contributed by atoms with Crippen molar-refractivity contribution in [2.24, 2.45) is 10.4 Å². The van der Waals surface area contributed by atoms with E-state index in [4.69, 9.17) is 28.9 Å². The smallest absolute Gasteiger partial charge is 0.432 e. The van der Waals surface area contributed by atoms with E-state index in [2.05, 4.69) is 36.4 Å². The van der Waals surface area contributed by atoms with Crippen molar-refractivity contribution in [2.45, 2.75) is 33.9 Å². The quantitative estimate of drug-likeness (QED) is 0.0759. The summed E-state index contributed by atoms with van der Waals surface area (Å²) in [4.78, 5) is 16.2. The SMILES string of the molecule is CCC(C)(C)CN=C(NC#N)Nc1ccc[n+](COC(=O)OCCOCCOCCOC)c1. The first-order chi connectivity index (χ1) is 15.9. The number of aliphatic imine (C=N–C) groups is 1. The average molecular weight is 467 g/mol. The number of nitriles is 1. The fourth-order valence-corrected chi connectivity index (χ4v) is 2.20. The third-order valence-electron chi connectivity index (χ3n) is 4.50. The van der Waals surface area contributed by atoms with Crippen molar-refractivity contribution in [3.8, 4) is 6.19 Å². The Bertz CT molecular complexity index is 766. The van der Waals surface area contributed by atoms with Gasteiger partial charge in [0.1, 0.15) is 12.3 Å². The van der Waals surface area contributed by atoms with Crippen LogP contribution in [0.4, 0.5) is 10.5 Å². The molecule has 0 unspecified atom stereocenters. The molecule has 1 heterocycles. The molecule has 0 spiro atoms. The molecule has 33 heavy (non-hydrogen) atoms. The van der Waals surface area contributed by atoms with Crippen molar-refractivity contribution < 1.29 is 33.0 Å². The molecule has 0 aliphatic heterocycles. The molecule has 0 atom stereocenters. The van der Waals surface area contributed by atoms with Crippen LogP contribution >= 0.6 is 0 Å². The second kappa shape index (κ2) is 16.7. The molecule has 0 radical (unpaired) electrons. The summed E-state index contributed by atoms with van der Waals surface area (Å²) < 4.78 is 27.1. The third kappa shape index (κ3) is 13.9. The molecule has 0 saturated heterocycles. The molecule has 0 bridgehead atoms. The number of hydrogen-bond donors (Lipinski definition) is 2. The van der Waals surface area contributed by atoms with E-state index < -0.39 is 6.16 Å². The van der Waals surface area contributed by atoms with Gasteiger partial charge in [0.05, 0.1) is 33.0 Å². The van der Waals surface area contributed by atoms with Crippen LogP contribution < -0.4 is 15.2 Å². The highest BCUT2D eigenvalue weighted by Crippen LogP contribution is 2.19. The number of carbonyl (C=O) groups is 1. The molecule has 11 heteroatoms. The topological polar surface area (TPSA) is 127 Å². The Morgan fingerprint density at radius 1 is 1.15 bits per heavy atom. The van der Waals surface area contributed by atoms with Gasteiger partial charge in [0.2, 0.25) is 5.96 Å².